The molecular weight excluding hydrogens is 332 g/mol. The second-order valence-electron chi connectivity index (χ2n) is 6.02. The minimum absolute atomic E-state index is 0.0705. The topological polar surface area (TPSA) is 67.9 Å². The van der Waals surface area contributed by atoms with Gasteiger partial charge < -0.3 is 19.7 Å². The second-order valence-corrected chi connectivity index (χ2v) is 6.02. The van der Waals surface area contributed by atoms with Crippen LogP contribution in [-0.2, 0) is 17.8 Å². The number of rotatable bonds is 6. The highest BCUT2D eigenvalue weighted by atomic mass is 16.5. The molecule has 1 N–H and O–H groups in total. The van der Waals surface area contributed by atoms with E-state index in [9.17, 15) is 9.59 Å². The number of carbonyl (C=O) groups is 2. The first kappa shape index (κ1) is 17.8. The quantitative estimate of drug-likeness (QED) is 0.866. The Bertz CT molecular complexity index is 848. The summed E-state index contributed by atoms with van der Waals surface area (Å²) >= 11 is 0. The van der Waals surface area contributed by atoms with E-state index in [1.807, 2.05) is 19.1 Å². The summed E-state index contributed by atoms with van der Waals surface area (Å²) in [5, 5.41) is 2.90. The van der Waals surface area contributed by atoms with Crippen molar-refractivity contribution in [1.29, 1.82) is 0 Å². The van der Waals surface area contributed by atoms with Crippen molar-refractivity contribution in [3.8, 4) is 11.5 Å². The van der Waals surface area contributed by atoms with Crippen molar-refractivity contribution < 1.29 is 19.1 Å². The van der Waals surface area contributed by atoms with Gasteiger partial charge in [-0.15, -0.1) is 0 Å². The van der Waals surface area contributed by atoms with Crippen LogP contribution >= 0.6 is 0 Å². The zero-order valence-electron chi connectivity index (χ0n) is 15.2. The molecule has 0 spiro atoms. The normalized spacial score (nSPS) is 12.7. The van der Waals surface area contributed by atoms with Crippen molar-refractivity contribution >= 4 is 17.5 Å². The molecule has 0 radical (unpaired) electrons. The monoisotopic (exact) mass is 354 g/mol. The van der Waals surface area contributed by atoms with Crippen molar-refractivity contribution in [2.75, 3.05) is 25.7 Å². The Hall–Kier alpha value is -3.02. The van der Waals surface area contributed by atoms with E-state index >= 15 is 0 Å². The lowest BCUT2D eigenvalue weighted by Crippen LogP contribution is -2.26. The Morgan fingerprint density at radius 2 is 1.96 bits per heavy atom. The molecule has 0 aliphatic carbocycles. The van der Waals surface area contributed by atoms with E-state index in [1.165, 1.54) is 0 Å². The summed E-state index contributed by atoms with van der Waals surface area (Å²) in [5.41, 5.74) is 3.15. The second kappa shape index (κ2) is 7.47. The van der Waals surface area contributed by atoms with E-state index < -0.39 is 0 Å². The summed E-state index contributed by atoms with van der Waals surface area (Å²) in [6, 6.07) is 10.8. The molecule has 0 bridgehead atoms. The van der Waals surface area contributed by atoms with Crippen LogP contribution in [0.1, 0.15) is 28.4 Å². The fourth-order valence-corrected chi connectivity index (χ4v) is 3.17. The molecule has 6 heteroatoms. The summed E-state index contributed by atoms with van der Waals surface area (Å²) in [6.07, 6.45) is 0.341. The van der Waals surface area contributed by atoms with Crippen LogP contribution in [0.4, 0.5) is 5.69 Å². The third kappa shape index (κ3) is 3.35. The Morgan fingerprint density at radius 1 is 1.15 bits per heavy atom. The molecule has 2 aromatic rings. The van der Waals surface area contributed by atoms with Gasteiger partial charge in [0.25, 0.3) is 5.91 Å². The molecule has 6 nitrogen and oxygen atoms in total. The van der Waals surface area contributed by atoms with Gasteiger partial charge in [0.15, 0.2) is 0 Å². The number of nitrogens with zero attached hydrogens (tertiary/aromatic N) is 1. The van der Waals surface area contributed by atoms with Gasteiger partial charge in [0, 0.05) is 29.9 Å². The van der Waals surface area contributed by atoms with Crippen LogP contribution in [0.2, 0.25) is 0 Å². The van der Waals surface area contributed by atoms with Crippen LogP contribution in [0, 0.1) is 0 Å². The molecule has 26 heavy (non-hydrogen) atoms. The molecule has 2 aromatic carbocycles. The molecule has 0 atom stereocenters. The summed E-state index contributed by atoms with van der Waals surface area (Å²) < 4.78 is 10.6. The predicted octanol–water partition coefficient (Wildman–Crippen LogP) is 2.54. The number of hydrogen-bond donors (Lipinski definition) is 1. The van der Waals surface area contributed by atoms with E-state index in [0.717, 1.165) is 16.8 Å². The zero-order chi connectivity index (χ0) is 18.7. The summed E-state index contributed by atoms with van der Waals surface area (Å²) in [4.78, 5) is 26.2. The van der Waals surface area contributed by atoms with E-state index in [1.54, 1.807) is 43.4 Å². The molecule has 1 aliphatic heterocycles. The summed E-state index contributed by atoms with van der Waals surface area (Å²) in [5.74, 6) is 1.26. The van der Waals surface area contributed by atoms with E-state index in [4.69, 9.17) is 9.47 Å². The first-order chi connectivity index (χ1) is 12.6. The summed E-state index contributed by atoms with van der Waals surface area (Å²) in [6.45, 7) is 2.89. The molecule has 2 amide bonds. The molecule has 0 saturated carbocycles. The van der Waals surface area contributed by atoms with Crippen LogP contribution in [0.15, 0.2) is 36.4 Å². The van der Waals surface area contributed by atoms with Crippen LogP contribution in [0.5, 0.6) is 11.5 Å². The SMILES string of the molecule is CCN1C(=O)Cc2cc(C(=O)NCc3cc(OC)ccc3OC)ccc21. The van der Waals surface area contributed by atoms with Gasteiger partial charge >= 0.3 is 0 Å². The van der Waals surface area contributed by atoms with Gasteiger partial charge in [-0.05, 0) is 48.9 Å². The number of carbonyl (C=O) groups excluding carboxylic acids is 2. The van der Waals surface area contributed by atoms with Crippen molar-refractivity contribution in [3.05, 3.63) is 53.1 Å². The van der Waals surface area contributed by atoms with Gasteiger partial charge in [-0.2, -0.15) is 0 Å². The first-order valence-corrected chi connectivity index (χ1v) is 8.49. The number of likely N-dealkylation sites (N-methyl/N-ethyl adjacent to an activating group) is 1. The van der Waals surface area contributed by atoms with Crippen molar-refractivity contribution in [2.45, 2.75) is 19.9 Å². The highest BCUT2D eigenvalue weighted by molar-refractivity contribution is 6.03. The van der Waals surface area contributed by atoms with Crippen LogP contribution in [0.3, 0.4) is 0 Å². The van der Waals surface area contributed by atoms with E-state index in [-0.39, 0.29) is 11.8 Å². The summed E-state index contributed by atoms with van der Waals surface area (Å²) in [7, 11) is 3.18. The average Bonchev–Trinajstić information content (AvgIpc) is 2.99. The number of anilines is 1. The van der Waals surface area contributed by atoms with Crippen molar-refractivity contribution in [2.24, 2.45) is 0 Å². The molecule has 0 saturated heterocycles. The van der Waals surface area contributed by atoms with Crippen molar-refractivity contribution in [1.82, 2.24) is 5.32 Å². The maximum Gasteiger partial charge on any atom is 0.251 e. The number of fused-ring (bicyclic) bond motifs is 1. The lowest BCUT2D eigenvalue weighted by atomic mass is 10.1. The Labute approximate surface area is 152 Å². The van der Waals surface area contributed by atoms with Gasteiger partial charge in [0.05, 0.1) is 20.6 Å². The third-order valence-electron chi connectivity index (χ3n) is 4.52. The minimum atomic E-state index is -0.194. The first-order valence-electron chi connectivity index (χ1n) is 8.49. The Morgan fingerprint density at radius 3 is 2.65 bits per heavy atom. The largest absolute Gasteiger partial charge is 0.497 e. The molecule has 1 aliphatic rings. The number of methoxy groups -OCH3 is 2. The van der Waals surface area contributed by atoms with Gasteiger partial charge in [-0.1, -0.05) is 0 Å². The van der Waals surface area contributed by atoms with E-state index in [2.05, 4.69) is 5.32 Å². The minimum Gasteiger partial charge on any atom is -0.497 e. The standard InChI is InChI=1S/C20H22N2O4/c1-4-22-17-7-5-13(9-14(17)11-19(22)23)20(24)21-12-15-10-16(25-2)6-8-18(15)26-3/h5-10H,4,11-12H2,1-3H3,(H,21,24). The maximum absolute atomic E-state index is 12.5. The number of ether oxygens (including phenoxy) is 2. The smallest absolute Gasteiger partial charge is 0.251 e. The number of amides is 2. The molecule has 0 fully saturated rings. The van der Waals surface area contributed by atoms with Gasteiger partial charge in [-0.3, -0.25) is 9.59 Å². The van der Waals surface area contributed by atoms with Gasteiger partial charge in [-0.25, -0.2) is 0 Å². The fraction of sp³-hybridized carbons (Fsp3) is 0.300. The van der Waals surface area contributed by atoms with Gasteiger partial charge in [0.2, 0.25) is 5.91 Å². The Kier molecular flexibility index (Phi) is 5.11. The molecule has 3 rings (SSSR count). The maximum atomic E-state index is 12.5. The highest BCUT2D eigenvalue weighted by Crippen LogP contribution is 2.29. The molecule has 1 heterocycles. The lowest BCUT2D eigenvalue weighted by molar-refractivity contribution is -0.117. The van der Waals surface area contributed by atoms with Crippen LogP contribution in [0.25, 0.3) is 0 Å². The van der Waals surface area contributed by atoms with E-state index in [0.29, 0.717) is 36.6 Å². The van der Waals surface area contributed by atoms with Crippen molar-refractivity contribution in [3.63, 3.8) is 0 Å². The van der Waals surface area contributed by atoms with Gasteiger partial charge in [0.1, 0.15) is 11.5 Å². The predicted molar refractivity (Wildman–Crippen MR) is 98.9 cm³/mol. The fourth-order valence-electron chi connectivity index (χ4n) is 3.17. The van der Waals surface area contributed by atoms with Crippen LogP contribution < -0.4 is 19.7 Å². The molecule has 136 valence electrons. The lowest BCUT2D eigenvalue weighted by Gasteiger charge is -2.15. The van der Waals surface area contributed by atoms with Crippen LogP contribution in [-0.4, -0.2) is 32.6 Å². The Balaban J connectivity index is 1.74. The average molecular weight is 354 g/mol. The molecule has 0 unspecified atom stereocenters. The number of nitrogens with one attached hydrogen (secondary N) is 1. The molecular formula is C20H22N2O4. The third-order valence-corrected chi connectivity index (χ3v) is 4.52. The zero-order valence-corrected chi connectivity index (χ0v) is 15.2. The molecule has 0 aromatic heterocycles. The highest BCUT2D eigenvalue weighted by Gasteiger charge is 2.26. The number of hydrogen-bond acceptors (Lipinski definition) is 4. The number of benzene rings is 2.